The van der Waals surface area contributed by atoms with Crippen molar-refractivity contribution in [2.45, 2.75) is 13.0 Å². The van der Waals surface area contributed by atoms with Gasteiger partial charge in [-0.25, -0.2) is 0 Å². The van der Waals surface area contributed by atoms with Gasteiger partial charge in [-0.05, 0) is 47.9 Å². The first-order valence-corrected chi connectivity index (χ1v) is 12.1. The summed E-state index contributed by atoms with van der Waals surface area (Å²) in [7, 11) is 7.45. The van der Waals surface area contributed by atoms with E-state index in [1.54, 1.807) is 48.2 Å². The lowest BCUT2D eigenvalue weighted by atomic mass is 9.94. The molecule has 0 bridgehead atoms. The fourth-order valence-corrected chi connectivity index (χ4v) is 4.82. The van der Waals surface area contributed by atoms with Crippen molar-refractivity contribution in [1.82, 2.24) is 14.3 Å². The highest BCUT2D eigenvalue weighted by Crippen LogP contribution is 2.35. The van der Waals surface area contributed by atoms with Gasteiger partial charge in [0.1, 0.15) is 5.69 Å². The summed E-state index contributed by atoms with van der Waals surface area (Å²) in [4.78, 5) is 30.1. The van der Waals surface area contributed by atoms with Crippen LogP contribution in [0.5, 0.6) is 0 Å². The molecule has 4 aromatic rings. The molecular weight excluding hydrogens is 468 g/mol. The number of aliphatic hydroxyl groups is 1. The maximum Gasteiger partial charge on any atom is 0.274 e. The first-order valence-electron chi connectivity index (χ1n) is 12.1. The van der Waals surface area contributed by atoms with Crippen molar-refractivity contribution >= 4 is 28.8 Å². The highest BCUT2D eigenvalue weighted by atomic mass is 16.3. The highest BCUT2D eigenvalue weighted by Gasteiger charge is 2.28. The van der Waals surface area contributed by atoms with Crippen molar-refractivity contribution in [2.75, 3.05) is 35.8 Å². The molecule has 1 aliphatic rings. The number of fused-ring (bicyclic) bond motifs is 1. The Balaban J connectivity index is 1.54. The molecular formula is C28H30N6O3. The van der Waals surface area contributed by atoms with E-state index in [0.29, 0.717) is 34.9 Å². The van der Waals surface area contributed by atoms with Gasteiger partial charge in [0.2, 0.25) is 0 Å². The Morgan fingerprint density at radius 1 is 1.05 bits per heavy atom. The molecule has 5 rings (SSSR count). The molecule has 0 saturated carbocycles. The third kappa shape index (κ3) is 4.49. The normalized spacial score (nSPS) is 13.0. The lowest BCUT2D eigenvalue weighted by molar-refractivity contribution is 0.0980. The first-order chi connectivity index (χ1) is 17.8. The molecule has 0 atom stereocenters. The largest absolute Gasteiger partial charge is 0.392 e. The minimum Gasteiger partial charge on any atom is -0.392 e. The van der Waals surface area contributed by atoms with Crippen molar-refractivity contribution in [3.63, 3.8) is 0 Å². The number of aliphatic hydroxyl groups excluding tert-OH is 1. The van der Waals surface area contributed by atoms with Crippen molar-refractivity contribution in [2.24, 2.45) is 14.1 Å². The molecule has 9 heteroatoms. The number of anilines is 4. The molecule has 37 heavy (non-hydrogen) atoms. The van der Waals surface area contributed by atoms with Gasteiger partial charge in [0.05, 0.1) is 12.3 Å². The predicted octanol–water partition coefficient (Wildman–Crippen LogP) is 3.29. The van der Waals surface area contributed by atoms with Crippen LogP contribution in [0.15, 0.2) is 65.7 Å². The van der Waals surface area contributed by atoms with Gasteiger partial charge in [-0.1, -0.05) is 12.1 Å². The number of rotatable bonds is 6. The number of pyridine rings is 1. The number of aromatic nitrogens is 3. The Labute approximate surface area is 215 Å². The predicted molar refractivity (Wildman–Crippen MR) is 146 cm³/mol. The van der Waals surface area contributed by atoms with Crippen LogP contribution in [0.1, 0.15) is 21.5 Å². The highest BCUT2D eigenvalue weighted by molar-refractivity contribution is 6.09. The second kappa shape index (κ2) is 9.59. The van der Waals surface area contributed by atoms with Crippen LogP contribution in [0, 0.1) is 0 Å². The molecule has 3 heterocycles. The van der Waals surface area contributed by atoms with Crippen molar-refractivity contribution < 1.29 is 9.90 Å². The Morgan fingerprint density at radius 2 is 1.86 bits per heavy atom. The molecule has 0 saturated heterocycles. The molecule has 1 aliphatic heterocycles. The lowest BCUT2D eigenvalue weighted by Gasteiger charge is -2.31. The Hall–Kier alpha value is -4.37. The number of carbonyl (C=O) groups is 1. The van der Waals surface area contributed by atoms with Crippen molar-refractivity contribution in [3.05, 3.63) is 88.0 Å². The third-order valence-electron chi connectivity index (χ3n) is 6.76. The van der Waals surface area contributed by atoms with E-state index in [4.69, 9.17) is 0 Å². The van der Waals surface area contributed by atoms with E-state index < -0.39 is 0 Å². The number of hydrogen-bond donors (Lipinski definition) is 2. The number of nitrogens with zero attached hydrogens (tertiary/aromatic N) is 5. The second-order valence-electron chi connectivity index (χ2n) is 9.46. The van der Waals surface area contributed by atoms with Crippen LogP contribution in [0.25, 0.3) is 11.1 Å². The standard InChI is InChI=1S/C28H30N6O3/c1-31(2)20-8-9-22-18(14-20)10-13-34(27(22)36)25-7-5-6-21(23(25)17-35)19-15-24(28(37)32(3)16-19)29-26-11-12-33(4)30-26/h5-9,11-12,14-16,35H,10,13,17H2,1-4H3,(H,29,30). The number of amides is 1. The summed E-state index contributed by atoms with van der Waals surface area (Å²) in [6.07, 6.45) is 4.25. The van der Waals surface area contributed by atoms with E-state index >= 15 is 0 Å². The maximum absolute atomic E-state index is 13.5. The molecule has 0 spiro atoms. The number of aryl methyl sites for hydroxylation is 2. The Kier molecular flexibility index (Phi) is 6.31. The second-order valence-corrected chi connectivity index (χ2v) is 9.46. The topological polar surface area (TPSA) is 95.6 Å². The minimum absolute atomic E-state index is 0.0867. The van der Waals surface area contributed by atoms with Crippen LogP contribution < -0.4 is 20.7 Å². The summed E-state index contributed by atoms with van der Waals surface area (Å²) >= 11 is 0. The van der Waals surface area contributed by atoms with E-state index in [1.165, 1.54) is 4.57 Å². The third-order valence-corrected chi connectivity index (χ3v) is 6.76. The summed E-state index contributed by atoms with van der Waals surface area (Å²) in [5.41, 5.74) is 5.72. The zero-order valence-corrected chi connectivity index (χ0v) is 21.4. The zero-order chi connectivity index (χ0) is 26.3. The van der Waals surface area contributed by atoms with E-state index in [0.717, 1.165) is 28.8 Å². The minimum atomic E-state index is -0.256. The Bertz CT molecular complexity index is 1550. The van der Waals surface area contributed by atoms with Crippen LogP contribution in [-0.2, 0) is 27.1 Å². The zero-order valence-electron chi connectivity index (χ0n) is 21.4. The molecule has 0 unspecified atom stereocenters. The fraction of sp³-hybridized carbons (Fsp3) is 0.250. The molecule has 0 fully saturated rings. The summed E-state index contributed by atoms with van der Waals surface area (Å²) in [5, 5.41) is 17.9. The van der Waals surface area contributed by atoms with Crippen molar-refractivity contribution in [3.8, 4) is 11.1 Å². The van der Waals surface area contributed by atoms with E-state index in [9.17, 15) is 14.7 Å². The van der Waals surface area contributed by atoms with Gasteiger partial charge in [0.15, 0.2) is 5.82 Å². The van der Waals surface area contributed by atoms with Gasteiger partial charge in [-0.15, -0.1) is 0 Å². The van der Waals surface area contributed by atoms with Crippen LogP contribution in [0.3, 0.4) is 0 Å². The maximum atomic E-state index is 13.5. The summed E-state index contributed by atoms with van der Waals surface area (Å²) < 4.78 is 3.15. The summed E-state index contributed by atoms with van der Waals surface area (Å²) in [5.74, 6) is 0.472. The van der Waals surface area contributed by atoms with E-state index in [1.807, 2.05) is 49.3 Å². The number of nitrogens with one attached hydrogen (secondary N) is 1. The molecule has 2 aromatic heterocycles. The smallest absolute Gasteiger partial charge is 0.274 e. The number of hydrogen-bond acceptors (Lipinski definition) is 6. The van der Waals surface area contributed by atoms with Crippen LogP contribution in [0.2, 0.25) is 0 Å². The van der Waals surface area contributed by atoms with E-state index in [-0.39, 0.29) is 18.1 Å². The molecule has 2 N–H and O–H groups in total. The Morgan fingerprint density at radius 3 is 2.57 bits per heavy atom. The summed E-state index contributed by atoms with van der Waals surface area (Å²) in [6, 6.07) is 15.1. The average Bonchev–Trinajstić information content (AvgIpc) is 3.30. The molecule has 0 radical (unpaired) electrons. The number of benzene rings is 2. The molecule has 2 aromatic carbocycles. The molecule has 190 valence electrons. The van der Waals surface area contributed by atoms with Crippen LogP contribution in [0.4, 0.5) is 22.9 Å². The lowest BCUT2D eigenvalue weighted by Crippen LogP contribution is -2.38. The summed E-state index contributed by atoms with van der Waals surface area (Å²) in [6.45, 7) is 0.256. The molecule has 1 amide bonds. The van der Waals surface area contributed by atoms with Crippen molar-refractivity contribution in [1.29, 1.82) is 0 Å². The average molecular weight is 499 g/mol. The molecule has 9 nitrogen and oxygen atoms in total. The van der Waals surface area contributed by atoms with Gasteiger partial charge in [-0.3, -0.25) is 14.3 Å². The van der Waals surface area contributed by atoms with E-state index in [2.05, 4.69) is 16.5 Å². The fourth-order valence-electron chi connectivity index (χ4n) is 4.82. The molecule has 0 aliphatic carbocycles. The van der Waals surface area contributed by atoms with Gasteiger partial charge < -0.3 is 24.8 Å². The SMILES string of the molecule is CN(C)c1ccc2c(c1)CCN(c1cccc(-c3cc(Nc4ccn(C)n4)c(=O)n(C)c3)c1CO)C2=O. The van der Waals surface area contributed by atoms with Crippen LogP contribution in [-0.4, -0.2) is 46.0 Å². The number of carbonyl (C=O) groups excluding carboxylic acids is 1. The van der Waals surface area contributed by atoms with Gasteiger partial charge in [0.25, 0.3) is 11.5 Å². The first kappa shape index (κ1) is 24.3. The van der Waals surface area contributed by atoms with Gasteiger partial charge in [-0.2, -0.15) is 5.10 Å². The quantitative estimate of drug-likeness (QED) is 0.424. The van der Waals surface area contributed by atoms with Gasteiger partial charge >= 0.3 is 0 Å². The van der Waals surface area contributed by atoms with Crippen LogP contribution >= 0.6 is 0 Å². The van der Waals surface area contributed by atoms with Gasteiger partial charge in [0, 0.05) is 75.6 Å². The monoisotopic (exact) mass is 498 g/mol.